The van der Waals surface area contributed by atoms with Crippen molar-refractivity contribution in [1.82, 2.24) is 10.2 Å². The Hall–Kier alpha value is -1.30. The Morgan fingerprint density at radius 1 is 1.35 bits per heavy atom. The van der Waals surface area contributed by atoms with Gasteiger partial charge in [0, 0.05) is 19.6 Å². The molecule has 2 amide bonds. The number of rotatable bonds is 5. The molecule has 6 nitrogen and oxygen atoms in total. The van der Waals surface area contributed by atoms with Gasteiger partial charge in [0.05, 0.1) is 11.5 Å². The van der Waals surface area contributed by atoms with Crippen molar-refractivity contribution in [2.45, 2.75) is 51.6 Å². The number of urea groups is 1. The number of aliphatic carboxylic acids is 1. The first kappa shape index (κ1) is 16.8. The molecule has 2 atom stereocenters. The van der Waals surface area contributed by atoms with Crippen molar-refractivity contribution in [2.75, 3.05) is 19.6 Å². The summed E-state index contributed by atoms with van der Waals surface area (Å²) in [5.41, 5.74) is -0.675. The van der Waals surface area contributed by atoms with Crippen LogP contribution in [-0.4, -0.2) is 52.3 Å². The van der Waals surface area contributed by atoms with E-state index < -0.39 is 11.6 Å². The molecule has 0 aromatic heterocycles. The summed E-state index contributed by atoms with van der Waals surface area (Å²) in [5.74, 6) is -1.17. The van der Waals surface area contributed by atoms with Crippen LogP contribution in [0.4, 0.5) is 4.79 Å². The summed E-state index contributed by atoms with van der Waals surface area (Å²) in [5, 5.41) is 21.5. The molecule has 0 bridgehead atoms. The van der Waals surface area contributed by atoms with E-state index in [9.17, 15) is 14.7 Å². The van der Waals surface area contributed by atoms with Crippen LogP contribution in [0.3, 0.4) is 0 Å². The van der Waals surface area contributed by atoms with Crippen LogP contribution in [0.1, 0.15) is 46.0 Å². The largest absolute Gasteiger partial charge is 0.481 e. The first-order chi connectivity index (χ1) is 9.32. The van der Waals surface area contributed by atoms with Gasteiger partial charge in [0.15, 0.2) is 0 Å². The van der Waals surface area contributed by atoms with E-state index in [-0.39, 0.29) is 11.9 Å². The second kappa shape index (κ2) is 7.47. The summed E-state index contributed by atoms with van der Waals surface area (Å²) < 4.78 is 0. The number of hydrogen-bond donors (Lipinski definition) is 3. The van der Waals surface area contributed by atoms with E-state index in [0.29, 0.717) is 45.3 Å². The lowest BCUT2D eigenvalue weighted by atomic mass is 9.98. The van der Waals surface area contributed by atoms with Crippen LogP contribution in [0.25, 0.3) is 0 Å². The van der Waals surface area contributed by atoms with Crippen molar-refractivity contribution >= 4 is 12.0 Å². The zero-order valence-electron chi connectivity index (χ0n) is 12.4. The van der Waals surface area contributed by atoms with Crippen LogP contribution in [0.2, 0.25) is 0 Å². The third-order valence-corrected chi connectivity index (χ3v) is 3.86. The average molecular weight is 286 g/mol. The maximum atomic E-state index is 12.0. The third kappa shape index (κ3) is 5.77. The maximum absolute atomic E-state index is 12.0. The van der Waals surface area contributed by atoms with E-state index >= 15 is 0 Å². The standard InChI is InChI=1S/C14H26N2O4/c1-11(12(17)18)5-3-8-15-13(19)16-9-4-6-14(2,20)7-10-16/h11,20H,3-10H2,1-2H3,(H,15,19)(H,17,18). The van der Waals surface area contributed by atoms with Crippen LogP contribution >= 0.6 is 0 Å². The molecule has 0 spiro atoms. The summed E-state index contributed by atoms with van der Waals surface area (Å²) in [6.45, 7) is 5.18. The summed E-state index contributed by atoms with van der Waals surface area (Å²) in [7, 11) is 0. The fraction of sp³-hybridized carbons (Fsp3) is 0.857. The highest BCUT2D eigenvalue weighted by molar-refractivity contribution is 5.74. The normalized spacial score (nSPS) is 24.9. The number of likely N-dealkylation sites (tertiary alicyclic amines) is 1. The topological polar surface area (TPSA) is 89.9 Å². The number of nitrogens with one attached hydrogen (secondary N) is 1. The van der Waals surface area contributed by atoms with E-state index in [1.165, 1.54) is 0 Å². The van der Waals surface area contributed by atoms with E-state index in [1.807, 2.05) is 6.92 Å². The number of carbonyl (C=O) groups is 2. The molecule has 1 rings (SSSR count). The highest BCUT2D eigenvalue weighted by atomic mass is 16.4. The average Bonchev–Trinajstić information content (AvgIpc) is 2.55. The Morgan fingerprint density at radius 2 is 2.05 bits per heavy atom. The molecular formula is C14H26N2O4. The van der Waals surface area contributed by atoms with Crippen molar-refractivity contribution in [2.24, 2.45) is 5.92 Å². The van der Waals surface area contributed by atoms with Gasteiger partial charge in [0.2, 0.25) is 0 Å². The Labute approximate surface area is 120 Å². The number of carbonyl (C=O) groups excluding carboxylic acids is 1. The van der Waals surface area contributed by atoms with Gasteiger partial charge < -0.3 is 20.4 Å². The third-order valence-electron chi connectivity index (χ3n) is 3.86. The molecule has 0 aliphatic carbocycles. The van der Waals surface area contributed by atoms with Crippen molar-refractivity contribution in [1.29, 1.82) is 0 Å². The van der Waals surface area contributed by atoms with Crippen LogP contribution in [0, 0.1) is 5.92 Å². The SMILES string of the molecule is CC(CCCNC(=O)N1CCCC(C)(O)CC1)C(=O)O. The molecule has 0 aromatic carbocycles. The lowest BCUT2D eigenvalue weighted by Gasteiger charge is -2.23. The Morgan fingerprint density at radius 3 is 2.70 bits per heavy atom. The van der Waals surface area contributed by atoms with Gasteiger partial charge in [0.25, 0.3) is 0 Å². The minimum atomic E-state index is -0.800. The molecule has 1 aliphatic heterocycles. The molecule has 2 unspecified atom stereocenters. The molecule has 20 heavy (non-hydrogen) atoms. The smallest absolute Gasteiger partial charge is 0.317 e. The Bertz CT molecular complexity index is 344. The van der Waals surface area contributed by atoms with Gasteiger partial charge in [-0.25, -0.2) is 4.79 Å². The summed E-state index contributed by atoms with van der Waals surface area (Å²) in [6, 6.07) is -0.120. The molecule has 1 saturated heterocycles. The molecule has 1 heterocycles. The first-order valence-corrected chi connectivity index (χ1v) is 7.30. The highest BCUT2D eigenvalue weighted by Crippen LogP contribution is 2.21. The molecule has 0 saturated carbocycles. The Balaban J connectivity index is 2.24. The van der Waals surface area contributed by atoms with Crippen molar-refractivity contribution < 1.29 is 19.8 Å². The minimum Gasteiger partial charge on any atom is -0.481 e. The fourth-order valence-corrected chi connectivity index (χ4v) is 2.31. The van der Waals surface area contributed by atoms with Gasteiger partial charge >= 0.3 is 12.0 Å². The van der Waals surface area contributed by atoms with Crippen molar-refractivity contribution in [3.63, 3.8) is 0 Å². The molecule has 116 valence electrons. The number of hydrogen-bond acceptors (Lipinski definition) is 3. The van der Waals surface area contributed by atoms with Crippen LogP contribution in [0.5, 0.6) is 0 Å². The lowest BCUT2D eigenvalue weighted by Crippen LogP contribution is -2.41. The summed E-state index contributed by atoms with van der Waals surface area (Å²) in [4.78, 5) is 24.3. The highest BCUT2D eigenvalue weighted by Gasteiger charge is 2.26. The van der Waals surface area contributed by atoms with Gasteiger partial charge in [-0.1, -0.05) is 6.92 Å². The maximum Gasteiger partial charge on any atom is 0.317 e. The minimum absolute atomic E-state index is 0.120. The molecule has 1 fully saturated rings. The summed E-state index contributed by atoms with van der Waals surface area (Å²) >= 11 is 0. The monoisotopic (exact) mass is 286 g/mol. The number of nitrogens with zero attached hydrogens (tertiary/aromatic N) is 1. The first-order valence-electron chi connectivity index (χ1n) is 7.30. The molecule has 0 aromatic rings. The second-order valence-corrected chi connectivity index (χ2v) is 5.95. The predicted octanol–water partition coefficient (Wildman–Crippen LogP) is 1.43. The van der Waals surface area contributed by atoms with Crippen LogP contribution in [0.15, 0.2) is 0 Å². The Kier molecular flexibility index (Phi) is 6.26. The van der Waals surface area contributed by atoms with Gasteiger partial charge in [0.1, 0.15) is 0 Å². The second-order valence-electron chi connectivity index (χ2n) is 5.95. The fourth-order valence-electron chi connectivity index (χ4n) is 2.31. The van der Waals surface area contributed by atoms with Crippen molar-refractivity contribution in [3.05, 3.63) is 0 Å². The van der Waals surface area contributed by atoms with Crippen LogP contribution < -0.4 is 5.32 Å². The molecule has 3 N–H and O–H groups in total. The van der Waals surface area contributed by atoms with Gasteiger partial charge in [-0.05, 0) is 39.0 Å². The number of amides is 2. The van der Waals surface area contributed by atoms with Gasteiger partial charge in [-0.2, -0.15) is 0 Å². The number of aliphatic hydroxyl groups is 1. The van der Waals surface area contributed by atoms with E-state index in [4.69, 9.17) is 5.11 Å². The number of carboxylic acids is 1. The van der Waals surface area contributed by atoms with E-state index in [2.05, 4.69) is 5.32 Å². The number of carboxylic acid groups (broad SMARTS) is 1. The van der Waals surface area contributed by atoms with Crippen LogP contribution in [-0.2, 0) is 4.79 Å². The zero-order valence-corrected chi connectivity index (χ0v) is 12.4. The zero-order chi connectivity index (χ0) is 15.2. The molecule has 1 aliphatic rings. The summed E-state index contributed by atoms with van der Waals surface area (Å²) in [6.07, 6.45) is 3.33. The van der Waals surface area contributed by atoms with E-state index in [1.54, 1.807) is 11.8 Å². The van der Waals surface area contributed by atoms with Gasteiger partial charge in [-0.15, -0.1) is 0 Å². The molecular weight excluding hydrogens is 260 g/mol. The lowest BCUT2D eigenvalue weighted by molar-refractivity contribution is -0.141. The molecule has 0 radical (unpaired) electrons. The molecule has 6 heteroatoms. The predicted molar refractivity (Wildman–Crippen MR) is 75.5 cm³/mol. The van der Waals surface area contributed by atoms with E-state index in [0.717, 1.165) is 6.42 Å². The van der Waals surface area contributed by atoms with Crippen molar-refractivity contribution in [3.8, 4) is 0 Å². The quantitative estimate of drug-likeness (QED) is 0.667. The van der Waals surface area contributed by atoms with Gasteiger partial charge in [-0.3, -0.25) is 4.79 Å².